The minimum Gasteiger partial charge on any atom is -0.339 e. The number of carbonyl (C=O) groups excluding carboxylic acids is 1. The predicted molar refractivity (Wildman–Crippen MR) is 78.6 cm³/mol. The van der Waals surface area contributed by atoms with Crippen LogP contribution in [-0.4, -0.2) is 41.5 Å². The summed E-state index contributed by atoms with van der Waals surface area (Å²) < 4.78 is 0. The number of hydrogen-bond donors (Lipinski definition) is 1. The molecule has 0 aromatic carbocycles. The molecule has 0 spiro atoms. The highest BCUT2D eigenvalue weighted by atomic mass is 16.2. The van der Waals surface area contributed by atoms with E-state index >= 15 is 0 Å². The van der Waals surface area contributed by atoms with E-state index in [0.717, 1.165) is 37.5 Å². The van der Waals surface area contributed by atoms with Crippen molar-refractivity contribution in [3.05, 3.63) is 29.6 Å². The van der Waals surface area contributed by atoms with Crippen molar-refractivity contribution in [2.24, 2.45) is 5.92 Å². The van der Waals surface area contributed by atoms with E-state index in [1.807, 2.05) is 24.0 Å². The number of piperidine rings is 1. The van der Waals surface area contributed by atoms with Gasteiger partial charge in [-0.3, -0.25) is 9.78 Å². The normalized spacial score (nSPS) is 24.1. The fourth-order valence-corrected chi connectivity index (χ4v) is 3.40. The van der Waals surface area contributed by atoms with Gasteiger partial charge < -0.3 is 10.2 Å². The molecule has 0 aliphatic carbocycles. The van der Waals surface area contributed by atoms with E-state index in [1.54, 1.807) is 6.20 Å². The zero-order chi connectivity index (χ0) is 13.9. The van der Waals surface area contributed by atoms with Crippen molar-refractivity contribution < 1.29 is 4.79 Å². The zero-order valence-electron chi connectivity index (χ0n) is 12.1. The third-order valence-electron chi connectivity index (χ3n) is 4.65. The molecular formula is C16H23N3O. The van der Waals surface area contributed by atoms with Crippen LogP contribution in [0.2, 0.25) is 0 Å². The van der Waals surface area contributed by atoms with Crippen LogP contribution in [0.5, 0.6) is 0 Å². The first-order chi connectivity index (χ1) is 9.74. The van der Waals surface area contributed by atoms with Crippen molar-refractivity contribution in [1.29, 1.82) is 0 Å². The van der Waals surface area contributed by atoms with Crippen LogP contribution in [0.3, 0.4) is 0 Å². The summed E-state index contributed by atoms with van der Waals surface area (Å²) in [5, 5.41) is 3.59. The Labute approximate surface area is 120 Å². The van der Waals surface area contributed by atoms with Crippen LogP contribution in [0, 0.1) is 12.8 Å². The summed E-state index contributed by atoms with van der Waals surface area (Å²) in [5.41, 5.74) is 1.67. The summed E-state index contributed by atoms with van der Waals surface area (Å²) in [6.07, 6.45) is 6.56. The summed E-state index contributed by atoms with van der Waals surface area (Å²) in [6, 6.07) is 4.48. The molecule has 3 heterocycles. The second-order valence-electron chi connectivity index (χ2n) is 6.02. The molecule has 2 saturated heterocycles. The van der Waals surface area contributed by atoms with E-state index in [-0.39, 0.29) is 5.91 Å². The Bertz CT molecular complexity index is 457. The maximum atomic E-state index is 12.4. The van der Waals surface area contributed by atoms with Gasteiger partial charge in [0.25, 0.3) is 5.91 Å². The van der Waals surface area contributed by atoms with Crippen LogP contribution in [0.4, 0.5) is 0 Å². The smallest absolute Gasteiger partial charge is 0.255 e. The molecule has 2 aliphatic rings. The van der Waals surface area contributed by atoms with E-state index < -0.39 is 0 Å². The first-order valence-corrected chi connectivity index (χ1v) is 7.69. The van der Waals surface area contributed by atoms with E-state index in [9.17, 15) is 4.79 Å². The summed E-state index contributed by atoms with van der Waals surface area (Å²) in [7, 11) is 0. The molecule has 1 unspecified atom stereocenters. The molecule has 20 heavy (non-hydrogen) atoms. The molecule has 2 fully saturated rings. The fourth-order valence-electron chi connectivity index (χ4n) is 3.40. The van der Waals surface area contributed by atoms with E-state index in [2.05, 4.69) is 10.3 Å². The second kappa shape index (κ2) is 5.92. The van der Waals surface area contributed by atoms with Crippen molar-refractivity contribution in [3.63, 3.8) is 0 Å². The molecule has 3 rings (SSSR count). The van der Waals surface area contributed by atoms with Gasteiger partial charge in [0.1, 0.15) is 0 Å². The Balaban J connectivity index is 1.57. The maximum Gasteiger partial charge on any atom is 0.255 e. The molecule has 0 radical (unpaired) electrons. The summed E-state index contributed by atoms with van der Waals surface area (Å²) in [4.78, 5) is 18.6. The topological polar surface area (TPSA) is 45.2 Å². The van der Waals surface area contributed by atoms with Crippen molar-refractivity contribution in [2.45, 2.75) is 38.6 Å². The molecule has 2 aliphatic heterocycles. The average molecular weight is 273 g/mol. The van der Waals surface area contributed by atoms with Crippen molar-refractivity contribution in [1.82, 2.24) is 15.2 Å². The number of pyridine rings is 1. The van der Waals surface area contributed by atoms with Gasteiger partial charge >= 0.3 is 0 Å². The summed E-state index contributed by atoms with van der Waals surface area (Å²) >= 11 is 0. The summed E-state index contributed by atoms with van der Waals surface area (Å²) in [6.45, 7) is 4.87. The van der Waals surface area contributed by atoms with Crippen molar-refractivity contribution in [3.8, 4) is 0 Å². The van der Waals surface area contributed by atoms with Gasteiger partial charge in [-0.05, 0) is 57.2 Å². The van der Waals surface area contributed by atoms with Crippen LogP contribution in [0.15, 0.2) is 18.3 Å². The number of aryl methyl sites for hydroxylation is 1. The highest BCUT2D eigenvalue weighted by molar-refractivity contribution is 5.93. The lowest BCUT2D eigenvalue weighted by molar-refractivity contribution is 0.0674. The molecule has 0 bridgehead atoms. The lowest BCUT2D eigenvalue weighted by atomic mass is 9.88. The average Bonchev–Trinajstić information content (AvgIpc) is 3.02. The first-order valence-electron chi connectivity index (χ1n) is 7.69. The summed E-state index contributed by atoms with van der Waals surface area (Å²) in [5.74, 6) is 0.882. The van der Waals surface area contributed by atoms with Gasteiger partial charge in [0.05, 0.1) is 5.56 Å². The maximum absolute atomic E-state index is 12.4. The lowest BCUT2D eigenvalue weighted by Gasteiger charge is -2.34. The molecule has 1 N–H and O–H groups in total. The highest BCUT2D eigenvalue weighted by Gasteiger charge is 2.30. The van der Waals surface area contributed by atoms with Gasteiger partial charge in [0, 0.05) is 31.0 Å². The number of hydrogen-bond acceptors (Lipinski definition) is 3. The van der Waals surface area contributed by atoms with Gasteiger partial charge in [-0.1, -0.05) is 0 Å². The third-order valence-corrected chi connectivity index (χ3v) is 4.65. The molecule has 1 atom stereocenters. The molecule has 1 aromatic heterocycles. The van der Waals surface area contributed by atoms with Gasteiger partial charge in [-0.25, -0.2) is 0 Å². The number of carbonyl (C=O) groups is 1. The number of amides is 1. The van der Waals surface area contributed by atoms with E-state index in [1.165, 1.54) is 19.4 Å². The van der Waals surface area contributed by atoms with E-state index in [0.29, 0.717) is 11.6 Å². The number of nitrogens with zero attached hydrogens (tertiary/aromatic N) is 2. The standard InChI is InChI=1S/C16H23N3O/c1-12-4-5-14(11-18-12)16(20)19-9-6-13(7-10-19)15-3-2-8-17-15/h4-5,11,13,15,17H,2-3,6-10H2,1H3. The fraction of sp³-hybridized carbons (Fsp3) is 0.625. The van der Waals surface area contributed by atoms with E-state index in [4.69, 9.17) is 0 Å². The van der Waals surface area contributed by atoms with Gasteiger partial charge in [-0.2, -0.15) is 0 Å². The molecule has 1 amide bonds. The van der Waals surface area contributed by atoms with Crippen molar-refractivity contribution in [2.75, 3.05) is 19.6 Å². The van der Waals surface area contributed by atoms with Gasteiger partial charge in [-0.15, -0.1) is 0 Å². The first kappa shape index (κ1) is 13.6. The SMILES string of the molecule is Cc1ccc(C(=O)N2CCC(C3CCCN3)CC2)cn1. The minimum atomic E-state index is 0.135. The number of likely N-dealkylation sites (tertiary alicyclic amines) is 1. The molecule has 4 heteroatoms. The molecule has 4 nitrogen and oxygen atoms in total. The monoisotopic (exact) mass is 273 g/mol. The highest BCUT2D eigenvalue weighted by Crippen LogP contribution is 2.26. The van der Waals surface area contributed by atoms with Gasteiger partial charge in [0.15, 0.2) is 0 Å². The third kappa shape index (κ3) is 2.85. The second-order valence-corrected chi connectivity index (χ2v) is 6.02. The van der Waals surface area contributed by atoms with Crippen LogP contribution < -0.4 is 5.32 Å². The molecule has 0 saturated carbocycles. The van der Waals surface area contributed by atoms with Crippen molar-refractivity contribution >= 4 is 5.91 Å². The molecule has 108 valence electrons. The van der Waals surface area contributed by atoms with Crippen LogP contribution in [0.25, 0.3) is 0 Å². The van der Waals surface area contributed by atoms with Crippen LogP contribution in [-0.2, 0) is 0 Å². The predicted octanol–water partition coefficient (Wildman–Crippen LogP) is 1.99. The number of aromatic nitrogens is 1. The number of rotatable bonds is 2. The Morgan fingerprint density at radius 1 is 1.30 bits per heavy atom. The quantitative estimate of drug-likeness (QED) is 0.896. The Kier molecular flexibility index (Phi) is 4.01. The molecular weight excluding hydrogens is 250 g/mol. The van der Waals surface area contributed by atoms with Gasteiger partial charge in [0.2, 0.25) is 0 Å². The largest absolute Gasteiger partial charge is 0.339 e. The Morgan fingerprint density at radius 2 is 2.10 bits per heavy atom. The zero-order valence-corrected chi connectivity index (χ0v) is 12.1. The van der Waals surface area contributed by atoms with Crippen LogP contribution >= 0.6 is 0 Å². The number of nitrogens with one attached hydrogen (secondary N) is 1. The Morgan fingerprint density at radius 3 is 2.70 bits per heavy atom. The van der Waals surface area contributed by atoms with Crippen LogP contribution in [0.1, 0.15) is 41.7 Å². The lowest BCUT2D eigenvalue weighted by Crippen LogP contribution is -2.43. The minimum absolute atomic E-state index is 0.135. The molecule has 1 aromatic rings. The Hall–Kier alpha value is -1.42.